The molecule has 0 fully saturated rings. The van der Waals surface area contributed by atoms with Crippen LogP contribution in [0.3, 0.4) is 0 Å². The maximum Gasteiger partial charge on any atom is 0.406 e. The van der Waals surface area contributed by atoms with Crippen LogP contribution in [-0.4, -0.2) is 42.3 Å². The first-order chi connectivity index (χ1) is 11.9. The van der Waals surface area contributed by atoms with Crippen LogP contribution in [0.4, 0.5) is 13.2 Å². The highest BCUT2D eigenvalue weighted by Gasteiger charge is 2.50. The van der Waals surface area contributed by atoms with Crippen molar-refractivity contribution in [3.63, 3.8) is 0 Å². The molecule has 1 amide bonds. The number of methoxy groups -OCH3 is 1. The molecule has 0 aliphatic carbocycles. The first-order valence-electron chi connectivity index (χ1n) is 7.47. The van der Waals surface area contributed by atoms with Gasteiger partial charge in [-0.15, -0.1) is 5.11 Å². The second-order valence-corrected chi connectivity index (χ2v) is 5.53. The fourth-order valence-corrected chi connectivity index (χ4v) is 2.70. The van der Waals surface area contributed by atoms with E-state index >= 15 is 0 Å². The van der Waals surface area contributed by atoms with Gasteiger partial charge in [-0.1, -0.05) is 0 Å². The number of hydrogen-bond acceptors (Lipinski definition) is 6. The van der Waals surface area contributed by atoms with Gasteiger partial charge < -0.3 is 14.4 Å². The number of fused-ring (bicyclic) bond motifs is 1. The van der Waals surface area contributed by atoms with Gasteiger partial charge in [0.05, 0.1) is 30.7 Å². The van der Waals surface area contributed by atoms with Crippen molar-refractivity contribution in [1.82, 2.24) is 9.88 Å². The van der Waals surface area contributed by atoms with Crippen LogP contribution in [0.1, 0.15) is 11.3 Å². The fraction of sp³-hybridized carbons (Fsp3) is 0.467. The van der Waals surface area contributed by atoms with E-state index < -0.39 is 18.0 Å². The van der Waals surface area contributed by atoms with Gasteiger partial charge in [-0.2, -0.15) is 18.3 Å². The smallest absolute Gasteiger partial charge is 0.406 e. The number of aromatic nitrogens is 1. The van der Waals surface area contributed by atoms with E-state index in [1.807, 2.05) is 0 Å². The molecular formula is C15H15F3N4O3. The highest BCUT2D eigenvalue weighted by atomic mass is 19.4. The van der Waals surface area contributed by atoms with Crippen molar-refractivity contribution in [2.45, 2.75) is 19.3 Å². The number of rotatable bonds is 5. The molecule has 1 aromatic rings. The number of hydrogen-bond donors (Lipinski definition) is 0. The number of carbonyl (C=O) groups is 1. The average molecular weight is 356 g/mol. The maximum absolute atomic E-state index is 13.2. The van der Waals surface area contributed by atoms with Crippen LogP contribution < -0.4 is 4.74 Å². The number of pyridine rings is 1. The van der Waals surface area contributed by atoms with E-state index in [9.17, 15) is 18.0 Å². The summed E-state index contributed by atoms with van der Waals surface area (Å²) in [7, 11) is 1.55. The van der Waals surface area contributed by atoms with E-state index in [0.29, 0.717) is 24.8 Å². The van der Waals surface area contributed by atoms with Gasteiger partial charge in [0.25, 0.3) is 5.91 Å². The lowest BCUT2D eigenvalue weighted by Gasteiger charge is -2.28. The summed E-state index contributed by atoms with van der Waals surface area (Å²) in [6.07, 6.45) is -3.74. The lowest BCUT2D eigenvalue weighted by molar-refractivity contribution is -0.177. The second kappa shape index (κ2) is 6.79. The van der Waals surface area contributed by atoms with Crippen LogP contribution in [0.25, 0.3) is 0 Å². The van der Waals surface area contributed by atoms with Crippen molar-refractivity contribution in [1.29, 1.82) is 0 Å². The summed E-state index contributed by atoms with van der Waals surface area (Å²) < 4.78 is 50.0. The molecular weight excluding hydrogens is 341 g/mol. The van der Waals surface area contributed by atoms with Crippen LogP contribution in [-0.2, 0) is 22.6 Å². The van der Waals surface area contributed by atoms with Gasteiger partial charge in [-0.25, -0.2) is 4.98 Å². The Morgan fingerprint density at radius 3 is 2.80 bits per heavy atom. The third-order valence-corrected chi connectivity index (χ3v) is 3.86. The number of nitrogens with zero attached hydrogens (tertiary/aromatic N) is 4. The standard InChI is InChI=1S/C15H15F3N4O3/c1-24-4-5-25-12-3-2-9-7-22(8-10(9)20-12)11-6-19-21-14(23)13(11)15(16,17)18/h2-3,6,13H,4-5,7-8H2,1H3. The zero-order chi connectivity index (χ0) is 18.0. The Kier molecular flexibility index (Phi) is 4.71. The summed E-state index contributed by atoms with van der Waals surface area (Å²) in [6, 6.07) is 3.40. The topological polar surface area (TPSA) is 76.4 Å². The van der Waals surface area contributed by atoms with E-state index in [-0.39, 0.29) is 18.8 Å². The summed E-state index contributed by atoms with van der Waals surface area (Å²) in [5.41, 5.74) is 1.16. The number of ether oxygens (including phenoxy) is 2. The molecule has 2 aliphatic rings. The third-order valence-electron chi connectivity index (χ3n) is 3.86. The molecule has 1 aromatic heterocycles. The van der Waals surface area contributed by atoms with Gasteiger partial charge in [0, 0.05) is 19.7 Å². The number of alkyl halides is 3. The van der Waals surface area contributed by atoms with E-state index in [1.54, 1.807) is 19.2 Å². The monoisotopic (exact) mass is 356 g/mol. The van der Waals surface area contributed by atoms with Crippen LogP contribution >= 0.6 is 0 Å². The minimum atomic E-state index is -4.72. The van der Waals surface area contributed by atoms with Crippen molar-refractivity contribution >= 4 is 5.91 Å². The largest absolute Gasteiger partial charge is 0.475 e. The molecule has 3 heterocycles. The summed E-state index contributed by atoms with van der Waals surface area (Å²) >= 11 is 0. The normalized spacial score (nSPS) is 19.8. The molecule has 10 heteroatoms. The number of azo groups is 1. The Labute approximate surface area is 141 Å². The van der Waals surface area contributed by atoms with Gasteiger partial charge in [-0.05, 0) is 11.6 Å². The number of amides is 1. The average Bonchev–Trinajstić information content (AvgIpc) is 2.97. The molecule has 0 saturated heterocycles. The predicted octanol–water partition coefficient (Wildman–Crippen LogP) is 2.43. The first-order valence-corrected chi connectivity index (χ1v) is 7.47. The molecule has 0 saturated carbocycles. The second-order valence-electron chi connectivity index (χ2n) is 5.53. The maximum atomic E-state index is 13.2. The van der Waals surface area contributed by atoms with E-state index in [4.69, 9.17) is 9.47 Å². The Bertz CT molecular complexity index is 733. The van der Waals surface area contributed by atoms with Crippen molar-refractivity contribution < 1.29 is 27.4 Å². The van der Waals surface area contributed by atoms with Crippen molar-refractivity contribution in [3.8, 4) is 5.88 Å². The van der Waals surface area contributed by atoms with E-state index in [1.165, 1.54) is 4.90 Å². The quantitative estimate of drug-likeness (QED) is 0.758. The lowest BCUT2D eigenvalue weighted by Crippen LogP contribution is -2.38. The number of carbonyl (C=O) groups excluding carboxylic acids is 1. The van der Waals surface area contributed by atoms with Crippen LogP contribution in [0, 0.1) is 5.92 Å². The van der Waals surface area contributed by atoms with Crippen molar-refractivity contribution in [2.75, 3.05) is 20.3 Å². The molecule has 1 atom stereocenters. The SMILES string of the molecule is COCCOc1ccc2c(n1)CN(C1=CN=NC(=O)C1C(F)(F)F)C2. The summed E-state index contributed by atoms with van der Waals surface area (Å²) in [5, 5.41) is 6.41. The molecule has 7 nitrogen and oxygen atoms in total. The van der Waals surface area contributed by atoms with Crippen LogP contribution in [0.15, 0.2) is 34.3 Å². The lowest BCUT2D eigenvalue weighted by atomic mass is 10.0. The minimum absolute atomic E-state index is 0.137. The molecule has 134 valence electrons. The molecule has 0 bridgehead atoms. The van der Waals surface area contributed by atoms with Gasteiger partial charge in [-0.3, -0.25) is 4.79 Å². The van der Waals surface area contributed by atoms with E-state index in [0.717, 1.165) is 11.8 Å². The Morgan fingerprint density at radius 2 is 2.08 bits per heavy atom. The van der Waals surface area contributed by atoms with E-state index in [2.05, 4.69) is 15.2 Å². The minimum Gasteiger partial charge on any atom is -0.475 e. The van der Waals surface area contributed by atoms with Crippen molar-refractivity contribution in [3.05, 3.63) is 35.3 Å². The summed E-state index contributed by atoms with van der Waals surface area (Å²) in [5.74, 6) is -3.23. The van der Waals surface area contributed by atoms with Crippen LogP contribution in [0.5, 0.6) is 5.88 Å². The molecule has 1 unspecified atom stereocenters. The molecule has 25 heavy (non-hydrogen) atoms. The molecule has 0 spiro atoms. The highest BCUT2D eigenvalue weighted by Crippen LogP contribution is 2.39. The Balaban J connectivity index is 1.78. The molecule has 2 aliphatic heterocycles. The van der Waals surface area contributed by atoms with Crippen LogP contribution in [0.2, 0.25) is 0 Å². The molecule has 0 N–H and O–H groups in total. The zero-order valence-corrected chi connectivity index (χ0v) is 13.3. The van der Waals surface area contributed by atoms with Gasteiger partial charge in [0.1, 0.15) is 6.61 Å². The molecule has 0 radical (unpaired) electrons. The third kappa shape index (κ3) is 3.63. The molecule has 0 aromatic carbocycles. The summed E-state index contributed by atoms with van der Waals surface area (Å²) in [6.45, 7) is 1.07. The fourth-order valence-electron chi connectivity index (χ4n) is 2.70. The molecule has 3 rings (SSSR count). The van der Waals surface area contributed by atoms with Gasteiger partial charge in [0.15, 0.2) is 5.92 Å². The van der Waals surface area contributed by atoms with Gasteiger partial charge in [0.2, 0.25) is 5.88 Å². The zero-order valence-electron chi connectivity index (χ0n) is 13.3. The van der Waals surface area contributed by atoms with Crippen molar-refractivity contribution in [2.24, 2.45) is 16.1 Å². The Morgan fingerprint density at radius 1 is 1.28 bits per heavy atom. The Hall–Kier alpha value is -2.49. The highest BCUT2D eigenvalue weighted by molar-refractivity contribution is 5.83. The predicted molar refractivity (Wildman–Crippen MR) is 78.3 cm³/mol. The first kappa shape index (κ1) is 17.3. The van der Waals surface area contributed by atoms with Gasteiger partial charge >= 0.3 is 6.18 Å². The number of halogens is 3. The summed E-state index contributed by atoms with van der Waals surface area (Å²) in [4.78, 5) is 17.3.